The van der Waals surface area contributed by atoms with E-state index in [4.69, 9.17) is 0 Å². The second-order valence-corrected chi connectivity index (χ2v) is 6.55. The summed E-state index contributed by atoms with van der Waals surface area (Å²) in [5.41, 5.74) is 0.479. The monoisotopic (exact) mass is 324 g/mol. The van der Waals surface area contributed by atoms with Crippen LogP contribution in [0.2, 0.25) is 0 Å². The number of hydrogen-bond acceptors (Lipinski definition) is 2. The number of rotatable bonds is 3. The quantitative estimate of drug-likeness (QED) is 0.894. The number of carbonyl (C=O) groups is 1. The predicted octanol–water partition coefficient (Wildman–Crippen LogP) is 3.41. The van der Waals surface area contributed by atoms with Crippen LogP contribution in [0.1, 0.15) is 26.7 Å². The van der Waals surface area contributed by atoms with Crippen LogP contribution < -0.4 is 10.6 Å². The van der Waals surface area contributed by atoms with E-state index in [2.05, 4.69) is 26.6 Å². The Morgan fingerprint density at radius 2 is 2.16 bits per heavy atom. The average molecular weight is 325 g/mol. The summed E-state index contributed by atoms with van der Waals surface area (Å²) in [4.78, 5) is 12.5. The Bertz CT molecular complexity index is 453. The van der Waals surface area contributed by atoms with Gasteiger partial charge in [0.05, 0.1) is 5.69 Å². The molecule has 1 fully saturated rings. The third kappa shape index (κ3) is 3.37. The Kier molecular flexibility index (Phi) is 4.63. The summed E-state index contributed by atoms with van der Waals surface area (Å²) < 4.78 is 0.918. The van der Waals surface area contributed by atoms with Crippen molar-refractivity contribution in [2.45, 2.75) is 26.7 Å². The number of benzene rings is 1. The number of carbonyl (C=O) groups excluding carboxylic acids is 1. The largest absolute Gasteiger partial charge is 0.325 e. The van der Waals surface area contributed by atoms with Crippen LogP contribution in [0.3, 0.4) is 0 Å². The molecule has 1 aromatic carbocycles. The molecule has 0 spiro atoms. The average Bonchev–Trinajstić information content (AvgIpc) is 2.42. The van der Waals surface area contributed by atoms with Gasteiger partial charge in [-0.15, -0.1) is 0 Å². The predicted molar refractivity (Wildman–Crippen MR) is 82.1 cm³/mol. The number of anilines is 1. The topological polar surface area (TPSA) is 41.1 Å². The summed E-state index contributed by atoms with van der Waals surface area (Å²) in [6, 6.07) is 7.72. The number of amides is 1. The fraction of sp³-hybridized carbons (Fsp3) is 0.533. The molecule has 1 aliphatic heterocycles. The zero-order valence-electron chi connectivity index (χ0n) is 11.5. The van der Waals surface area contributed by atoms with E-state index < -0.39 is 0 Å². The number of hydrogen-bond donors (Lipinski definition) is 2. The molecule has 0 radical (unpaired) electrons. The summed E-state index contributed by atoms with van der Waals surface area (Å²) in [6.45, 7) is 6.07. The zero-order chi connectivity index (χ0) is 13.9. The molecule has 3 nitrogen and oxygen atoms in total. The lowest BCUT2D eigenvalue weighted by Crippen LogP contribution is -2.44. The van der Waals surface area contributed by atoms with E-state index in [1.807, 2.05) is 38.1 Å². The highest BCUT2D eigenvalue weighted by molar-refractivity contribution is 9.10. The Labute approximate surface area is 123 Å². The molecule has 0 aromatic heterocycles. The van der Waals surface area contributed by atoms with E-state index in [1.54, 1.807) is 0 Å². The molecule has 19 heavy (non-hydrogen) atoms. The van der Waals surface area contributed by atoms with Gasteiger partial charge in [0.1, 0.15) is 0 Å². The number of nitrogens with one attached hydrogen (secondary N) is 2. The lowest BCUT2D eigenvalue weighted by Gasteiger charge is -2.36. The van der Waals surface area contributed by atoms with Gasteiger partial charge in [-0.2, -0.15) is 0 Å². The van der Waals surface area contributed by atoms with Crippen molar-refractivity contribution in [3.8, 4) is 0 Å². The maximum absolute atomic E-state index is 12.5. The van der Waals surface area contributed by atoms with Crippen molar-refractivity contribution in [1.29, 1.82) is 0 Å². The molecule has 4 heteroatoms. The standard InChI is InChI=1S/C15H21BrN2O/c1-15(2,11-6-5-9-17-10-11)14(19)18-13-8-4-3-7-12(13)16/h3-4,7-8,11,17H,5-6,9-10H2,1-2H3,(H,18,19). The van der Waals surface area contributed by atoms with E-state index >= 15 is 0 Å². The summed E-state index contributed by atoms with van der Waals surface area (Å²) in [6.07, 6.45) is 2.26. The third-order valence-electron chi connectivity index (χ3n) is 4.02. The highest BCUT2D eigenvalue weighted by Crippen LogP contribution is 2.33. The number of piperidine rings is 1. The molecular formula is C15H21BrN2O. The summed E-state index contributed by atoms with van der Waals surface area (Å²) in [5, 5.41) is 6.42. The van der Waals surface area contributed by atoms with Crippen LogP contribution in [-0.2, 0) is 4.79 Å². The molecule has 1 heterocycles. The highest BCUT2D eigenvalue weighted by Gasteiger charge is 2.37. The second kappa shape index (κ2) is 6.06. The first kappa shape index (κ1) is 14.5. The van der Waals surface area contributed by atoms with Gasteiger partial charge >= 0.3 is 0 Å². The molecule has 1 aromatic rings. The lowest BCUT2D eigenvalue weighted by atomic mass is 9.74. The SMILES string of the molecule is CC(C)(C(=O)Nc1ccccc1Br)C1CCCNC1. The normalized spacial score (nSPS) is 20.1. The molecule has 1 unspecified atom stereocenters. The number of para-hydroxylation sites is 1. The molecule has 0 aliphatic carbocycles. The molecular weight excluding hydrogens is 304 g/mol. The first-order valence-electron chi connectivity index (χ1n) is 6.78. The first-order valence-corrected chi connectivity index (χ1v) is 7.58. The molecule has 104 valence electrons. The minimum absolute atomic E-state index is 0.0908. The van der Waals surface area contributed by atoms with Gasteiger partial charge in [0.25, 0.3) is 0 Å². The van der Waals surface area contributed by atoms with E-state index in [9.17, 15) is 4.79 Å². The van der Waals surface area contributed by atoms with Crippen molar-refractivity contribution in [2.75, 3.05) is 18.4 Å². The van der Waals surface area contributed by atoms with Crippen LogP contribution in [0.15, 0.2) is 28.7 Å². The molecule has 1 amide bonds. The zero-order valence-corrected chi connectivity index (χ0v) is 13.1. The van der Waals surface area contributed by atoms with Crippen LogP contribution in [0.4, 0.5) is 5.69 Å². The summed E-state index contributed by atoms with van der Waals surface area (Å²) in [5.74, 6) is 0.483. The number of halogens is 1. The molecule has 2 rings (SSSR count). The van der Waals surface area contributed by atoms with Crippen molar-refractivity contribution < 1.29 is 4.79 Å². The lowest BCUT2D eigenvalue weighted by molar-refractivity contribution is -0.127. The first-order chi connectivity index (χ1) is 9.01. The molecule has 1 saturated heterocycles. The Morgan fingerprint density at radius 3 is 2.79 bits per heavy atom. The molecule has 0 saturated carbocycles. The van der Waals surface area contributed by atoms with Crippen LogP contribution in [-0.4, -0.2) is 19.0 Å². The van der Waals surface area contributed by atoms with Crippen LogP contribution >= 0.6 is 15.9 Å². The van der Waals surface area contributed by atoms with Crippen molar-refractivity contribution in [3.63, 3.8) is 0 Å². The highest BCUT2D eigenvalue weighted by atomic mass is 79.9. The van der Waals surface area contributed by atoms with E-state index in [0.717, 1.165) is 36.1 Å². The Morgan fingerprint density at radius 1 is 1.42 bits per heavy atom. The fourth-order valence-electron chi connectivity index (χ4n) is 2.50. The van der Waals surface area contributed by atoms with E-state index in [-0.39, 0.29) is 11.3 Å². The summed E-state index contributed by atoms with van der Waals surface area (Å²) in [7, 11) is 0. The van der Waals surface area contributed by atoms with Crippen molar-refractivity contribution in [2.24, 2.45) is 11.3 Å². The van der Waals surface area contributed by atoms with Gasteiger partial charge in [0.2, 0.25) is 5.91 Å². The smallest absolute Gasteiger partial charge is 0.230 e. The van der Waals surface area contributed by atoms with Gasteiger partial charge in [-0.25, -0.2) is 0 Å². The Balaban J connectivity index is 2.08. The Hall–Kier alpha value is -0.870. The van der Waals surface area contributed by atoms with Gasteiger partial charge in [-0.3, -0.25) is 4.79 Å². The maximum Gasteiger partial charge on any atom is 0.230 e. The molecule has 2 N–H and O–H groups in total. The van der Waals surface area contributed by atoms with Crippen LogP contribution in [0, 0.1) is 11.3 Å². The second-order valence-electron chi connectivity index (χ2n) is 5.70. The van der Waals surface area contributed by atoms with E-state index in [0.29, 0.717) is 5.92 Å². The van der Waals surface area contributed by atoms with Gasteiger partial charge in [0.15, 0.2) is 0 Å². The minimum Gasteiger partial charge on any atom is -0.325 e. The molecule has 0 bridgehead atoms. The summed E-state index contributed by atoms with van der Waals surface area (Å²) >= 11 is 3.46. The molecule has 1 atom stereocenters. The van der Waals surface area contributed by atoms with Gasteiger partial charge in [0, 0.05) is 9.89 Å². The van der Waals surface area contributed by atoms with Gasteiger partial charge in [-0.1, -0.05) is 26.0 Å². The van der Waals surface area contributed by atoms with E-state index in [1.165, 1.54) is 0 Å². The van der Waals surface area contributed by atoms with Crippen LogP contribution in [0.5, 0.6) is 0 Å². The molecule has 1 aliphatic rings. The van der Waals surface area contributed by atoms with Gasteiger partial charge in [-0.05, 0) is 59.9 Å². The maximum atomic E-state index is 12.5. The minimum atomic E-state index is -0.358. The van der Waals surface area contributed by atoms with Crippen LogP contribution in [0.25, 0.3) is 0 Å². The fourth-order valence-corrected chi connectivity index (χ4v) is 2.88. The van der Waals surface area contributed by atoms with Crippen molar-refractivity contribution >= 4 is 27.5 Å². The third-order valence-corrected chi connectivity index (χ3v) is 4.72. The van der Waals surface area contributed by atoms with Crippen molar-refractivity contribution in [3.05, 3.63) is 28.7 Å². The van der Waals surface area contributed by atoms with Crippen molar-refractivity contribution in [1.82, 2.24) is 5.32 Å². The van der Waals surface area contributed by atoms with Gasteiger partial charge < -0.3 is 10.6 Å².